The van der Waals surface area contributed by atoms with E-state index in [1.165, 1.54) is 55.7 Å². The number of aryl methyl sites for hydroxylation is 1. The van der Waals surface area contributed by atoms with Gasteiger partial charge in [0.2, 0.25) is 0 Å². The molecule has 0 atom stereocenters. The summed E-state index contributed by atoms with van der Waals surface area (Å²) in [5, 5.41) is -0.443. The Morgan fingerprint density at radius 3 is 2.36 bits per heavy atom. The van der Waals surface area contributed by atoms with Crippen molar-refractivity contribution in [1.29, 1.82) is 0 Å². The van der Waals surface area contributed by atoms with Gasteiger partial charge < -0.3 is 8.92 Å². The molecule has 3 aromatic carbocycles. The zero-order valence-electron chi connectivity index (χ0n) is 19.0. The SMILES string of the molecule is COc1cc(/C=C2\SC(=O)N(Cc3ccc(F)cc3)C2=O)cc(I)c1OS(=O)(=O)c1ccc(C)cc1. The first-order valence-electron chi connectivity index (χ1n) is 10.5. The Morgan fingerprint density at radius 1 is 1.06 bits per heavy atom. The van der Waals surface area contributed by atoms with E-state index < -0.39 is 27.1 Å². The van der Waals surface area contributed by atoms with Gasteiger partial charge in [-0.1, -0.05) is 29.8 Å². The van der Waals surface area contributed by atoms with E-state index >= 15 is 0 Å². The topological polar surface area (TPSA) is 90.0 Å². The number of hydrogen-bond acceptors (Lipinski definition) is 7. The van der Waals surface area contributed by atoms with Crippen LogP contribution in [-0.4, -0.2) is 31.6 Å². The zero-order valence-corrected chi connectivity index (χ0v) is 22.8. The van der Waals surface area contributed by atoms with Gasteiger partial charge in [-0.3, -0.25) is 14.5 Å². The van der Waals surface area contributed by atoms with Gasteiger partial charge in [0.05, 0.1) is 22.1 Å². The molecule has 1 aliphatic heterocycles. The largest absolute Gasteiger partial charge is 0.493 e. The first kappa shape index (κ1) is 26.2. The summed E-state index contributed by atoms with van der Waals surface area (Å²) in [4.78, 5) is 26.6. The number of methoxy groups -OCH3 is 1. The molecule has 11 heteroatoms. The maximum atomic E-state index is 13.2. The lowest BCUT2D eigenvalue weighted by Crippen LogP contribution is -2.27. The highest BCUT2D eigenvalue weighted by Crippen LogP contribution is 2.39. The fourth-order valence-corrected chi connectivity index (χ4v) is 6.01. The second-order valence-electron chi connectivity index (χ2n) is 7.78. The van der Waals surface area contributed by atoms with Crippen molar-refractivity contribution in [2.24, 2.45) is 0 Å². The Kier molecular flexibility index (Phi) is 7.71. The molecule has 3 aromatic rings. The van der Waals surface area contributed by atoms with Gasteiger partial charge >= 0.3 is 10.1 Å². The number of amides is 2. The number of halogens is 2. The number of rotatable bonds is 7. The predicted molar refractivity (Wildman–Crippen MR) is 143 cm³/mol. The number of carbonyl (C=O) groups is 2. The predicted octanol–water partition coefficient (Wildman–Crippen LogP) is 5.75. The number of hydrogen-bond donors (Lipinski definition) is 0. The van der Waals surface area contributed by atoms with Crippen molar-refractivity contribution < 1.29 is 31.3 Å². The van der Waals surface area contributed by atoms with Crippen LogP contribution in [0.2, 0.25) is 0 Å². The molecule has 0 aliphatic carbocycles. The van der Waals surface area contributed by atoms with E-state index in [1.54, 1.807) is 18.2 Å². The molecular formula is C25H19FINO6S2. The Balaban J connectivity index is 1.59. The molecule has 1 saturated heterocycles. The molecule has 0 N–H and O–H groups in total. The molecule has 0 unspecified atom stereocenters. The summed E-state index contributed by atoms with van der Waals surface area (Å²) in [5.74, 6) is -0.726. The lowest BCUT2D eigenvalue weighted by atomic mass is 10.1. The van der Waals surface area contributed by atoms with E-state index in [0.29, 0.717) is 14.7 Å². The summed E-state index contributed by atoms with van der Waals surface area (Å²) in [6.45, 7) is 1.87. The van der Waals surface area contributed by atoms with Crippen LogP contribution in [0.1, 0.15) is 16.7 Å². The van der Waals surface area contributed by atoms with E-state index in [4.69, 9.17) is 8.92 Å². The van der Waals surface area contributed by atoms with Crippen LogP contribution in [-0.2, 0) is 21.5 Å². The Morgan fingerprint density at radius 2 is 1.72 bits per heavy atom. The van der Waals surface area contributed by atoms with Crippen molar-refractivity contribution >= 4 is 61.7 Å². The monoisotopic (exact) mass is 639 g/mol. The fourth-order valence-electron chi connectivity index (χ4n) is 3.33. The van der Waals surface area contributed by atoms with Crippen LogP contribution in [0.15, 0.2) is 70.5 Å². The molecule has 1 aliphatic rings. The summed E-state index contributed by atoms with van der Waals surface area (Å²) < 4.78 is 49.9. The van der Waals surface area contributed by atoms with Crippen LogP contribution in [0.4, 0.5) is 9.18 Å². The number of carbonyl (C=O) groups excluding carboxylic acids is 2. The minimum absolute atomic E-state index is 0.00450. The molecule has 4 rings (SSSR count). The van der Waals surface area contributed by atoms with E-state index in [0.717, 1.165) is 22.2 Å². The average molecular weight is 639 g/mol. The van der Waals surface area contributed by atoms with Crippen molar-refractivity contribution in [3.63, 3.8) is 0 Å². The van der Waals surface area contributed by atoms with Crippen molar-refractivity contribution in [2.45, 2.75) is 18.4 Å². The molecule has 0 bridgehead atoms. The third kappa shape index (κ3) is 5.73. The normalized spacial score (nSPS) is 15.0. The van der Waals surface area contributed by atoms with Crippen LogP contribution in [0.3, 0.4) is 0 Å². The summed E-state index contributed by atoms with van der Waals surface area (Å²) in [6.07, 6.45) is 1.53. The van der Waals surface area contributed by atoms with Gasteiger partial charge in [0, 0.05) is 0 Å². The lowest BCUT2D eigenvalue weighted by Gasteiger charge is -2.14. The summed E-state index contributed by atoms with van der Waals surface area (Å²) in [7, 11) is -2.74. The minimum atomic E-state index is -4.11. The van der Waals surface area contributed by atoms with Crippen LogP contribution >= 0.6 is 34.4 Å². The van der Waals surface area contributed by atoms with Crippen LogP contribution < -0.4 is 8.92 Å². The van der Waals surface area contributed by atoms with Crippen LogP contribution in [0.25, 0.3) is 6.08 Å². The second kappa shape index (κ2) is 10.6. The van der Waals surface area contributed by atoms with Crippen molar-refractivity contribution in [3.05, 3.63) is 91.6 Å². The fraction of sp³-hybridized carbons (Fsp3) is 0.120. The van der Waals surface area contributed by atoms with E-state index in [9.17, 15) is 22.4 Å². The molecule has 2 amide bonds. The Bertz CT molecular complexity index is 1470. The molecule has 7 nitrogen and oxygen atoms in total. The number of nitrogens with zero attached hydrogens (tertiary/aromatic N) is 1. The summed E-state index contributed by atoms with van der Waals surface area (Å²) in [5.41, 5.74) is 2.05. The third-order valence-corrected chi connectivity index (χ3v) is 8.12. The maximum Gasteiger partial charge on any atom is 0.339 e. The first-order chi connectivity index (χ1) is 17.1. The molecule has 0 saturated carbocycles. The number of thioether (sulfide) groups is 1. The zero-order chi connectivity index (χ0) is 26.0. The highest BCUT2D eigenvalue weighted by molar-refractivity contribution is 14.1. The molecule has 0 spiro atoms. The van der Waals surface area contributed by atoms with Gasteiger partial charge in [0.15, 0.2) is 11.5 Å². The maximum absolute atomic E-state index is 13.2. The first-order valence-corrected chi connectivity index (χ1v) is 13.8. The summed E-state index contributed by atoms with van der Waals surface area (Å²) in [6, 6.07) is 15.0. The highest BCUT2D eigenvalue weighted by atomic mass is 127. The smallest absolute Gasteiger partial charge is 0.339 e. The Hall–Kier alpha value is -2.90. The number of benzene rings is 3. The molecule has 1 fully saturated rings. The second-order valence-corrected chi connectivity index (χ2v) is 11.5. The van der Waals surface area contributed by atoms with Gasteiger partial charge in [-0.15, -0.1) is 0 Å². The van der Waals surface area contributed by atoms with Crippen molar-refractivity contribution in [1.82, 2.24) is 4.90 Å². The van der Waals surface area contributed by atoms with Crippen LogP contribution in [0, 0.1) is 16.3 Å². The highest BCUT2D eigenvalue weighted by Gasteiger charge is 2.35. The summed E-state index contributed by atoms with van der Waals surface area (Å²) >= 11 is 2.70. The molecular weight excluding hydrogens is 620 g/mol. The molecule has 0 radical (unpaired) electrons. The van der Waals surface area contributed by atoms with Crippen molar-refractivity contribution in [2.75, 3.05) is 7.11 Å². The molecule has 36 heavy (non-hydrogen) atoms. The minimum Gasteiger partial charge on any atom is -0.493 e. The average Bonchev–Trinajstić information content (AvgIpc) is 3.09. The quantitative estimate of drug-likeness (QED) is 0.185. The van der Waals surface area contributed by atoms with E-state index in [2.05, 4.69) is 0 Å². The van der Waals surface area contributed by atoms with Gasteiger partial charge in [-0.05, 0) is 94.9 Å². The van der Waals surface area contributed by atoms with E-state index in [1.807, 2.05) is 29.5 Å². The molecule has 186 valence electrons. The molecule has 0 aromatic heterocycles. The number of ether oxygens (including phenoxy) is 1. The van der Waals surface area contributed by atoms with Gasteiger partial charge in [-0.2, -0.15) is 8.42 Å². The third-order valence-electron chi connectivity index (χ3n) is 5.18. The van der Waals surface area contributed by atoms with Gasteiger partial charge in [-0.25, -0.2) is 4.39 Å². The van der Waals surface area contributed by atoms with Crippen molar-refractivity contribution in [3.8, 4) is 11.5 Å². The molecule has 1 heterocycles. The van der Waals surface area contributed by atoms with Gasteiger partial charge in [0.25, 0.3) is 11.1 Å². The standard InChI is InChI=1S/C25H19FINO6S2/c1-15-3-9-19(10-4-15)36(31,32)34-23-20(27)11-17(12-21(23)33-2)13-22-24(29)28(25(30)35-22)14-16-5-7-18(26)8-6-16/h3-13H,14H2,1-2H3/b22-13-. The lowest BCUT2D eigenvalue weighted by molar-refractivity contribution is -0.123. The van der Waals surface area contributed by atoms with Gasteiger partial charge in [0.1, 0.15) is 10.7 Å². The van der Waals surface area contributed by atoms with Crippen LogP contribution in [0.5, 0.6) is 11.5 Å². The Labute approximate surface area is 225 Å². The van der Waals surface area contributed by atoms with E-state index in [-0.39, 0.29) is 27.8 Å². The number of imide groups is 1.